The molecule has 1 aromatic heterocycles. The highest BCUT2D eigenvalue weighted by molar-refractivity contribution is 5.20. The van der Waals surface area contributed by atoms with Gasteiger partial charge in [-0.3, -0.25) is 0 Å². The highest BCUT2D eigenvalue weighted by Crippen LogP contribution is 2.15. The summed E-state index contributed by atoms with van der Waals surface area (Å²) in [6, 6.07) is 2.57. The molecule has 1 heterocycles. The van der Waals surface area contributed by atoms with Gasteiger partial charge in [0.1, 0.15) is 18.1 Å². The van der Waals surface area contributed by atoms with Gasteiger partial charge in [0, 0.05) is 24.8 Å². The molecule has 0 fully saturated rings. The zero-order valence-electron chi connectivity index (χ0n) is 11.8. The van der Waals surface area contributed by atoms with E-state index < -0.39 is 0 Å². The monoisotopic (exact) mass is 251 g/mol. The van der Waals surface area contributed by atoms with Gasteiger partial charge in [-0.25, -0.2) is 0 Å². The second kappa shape index (κ2) is 8.11. The molecule has 0 aliphatic heterocycles. The first-order chi connectivity index (χ1) is 8.63. The van der Waals surface area contributed by atoms with Crippen molar-refractivity contribution in [3.05, 3.63) is 35.8 Å². The van der Waals surface area contributed by atoms with E-state index in [1.165, 1.54) is 5.56 Å². The van der Waals surface area contributed by atoms with Crippen molar-refractivity contribution in [2.75, 3.05) is 6.61 Å². The molecule has 0 unspecified atom stereocenters. The van der Waals surface area contributed by atoms with Crippen LogP contribution in [0.25, 0.3) is 0 Å². The van der Waals surface area contributed by atoms with E-state index in [0.717, 1.165) is 37.5 Å². The minimum atomic E-state index is 0.484. The van der Waals surface area contributed by atoms with E-state index in [0.29, 0.717) is 12.6 Å². The molecule has 1 aromatic rings. The second-order valence-electron chi connectivity index (χ2n) is 4.81. The van der Waals surface area contributed by atoms with Crippen molar-refractivity contribution < 1.29 is 9.15 Å². The van der Waals surface area contributed by atoms with E-state index in [1.807, 2.05) is 13.0 Å². The molecule has 1 N–H and O–H groups in total. The second-order valence-corrected chi connectivity index (χ2v) is 4.81. The molecular weight excluding hydrogens is 226 g/mol. The molecule has 0 bridgehead atoms. The van der Waals surface area contributed by atoms with Crippen LogP contribution in [0.3, 0.4) is 0 Å². The Kier molecular flexibility index (Phi) is 6.76. The highest BCUT2D eigenvalue weighted by atomic mass is 16.5. The molecule has 102 valence electrons. The highest BCUT2D eigenvalue weighted by Gasteiger charge is 2.07. The maximum Gasteiger partial charge on any atom is 0.130 e. The predicted molar refractivity (Wildman–Crippen MR) is 74.5 cm³/mol. The van der Waals surface area contributed by atoms with E-state index in [9.17, 15) is 0 Å². The Morgan fingerprint density at radius 2 is 2.28 bits per heavy atom. The van der Waals surface area contributed by atoms with Crippen LogP contribution in [0, 0.1) is 6.92 Å². The van der Waals surface area contributed by atoms with Crippen molar-refractivity contribution in [1.82, 2.24) is 5.32 Å². The van der Waals surface area contributed by atoms with Gasteiger partial charge in [0.05, 0.1) is 0 Å². The minimum absolute atomic E-state index is 0.484. The van der Waals surface area contributed by atoms with Crippen LogP contribution in [0.5, 0.6) is 0 Å². The van der Waals surface area contributed by atoms with Crippen LogP contribution in [0.15, 0.2) is 23.1 Å². The lowest BCUT2D eigenvalue weighted by atomic mass is 10.2. The summed E-state index contributed by atoms with van der Waals surface area (Å²) in [7, 11) is 0. The maximum absolute atomic E-state index is 5.67. The average Bonchev–Trinajstić information content (AvgIpc) is 2.67. The van der Waals surface area contributed by atoms with Crippen LogP contribution in [0.4, 0.5) is 0 Å². The van der Waals surface area contributed by atoms with E-state index in [4.69, 9.17) is 9.15 Å². The molecule has 0 aliphatic carbocycles. The first-order valence-corrected chi connectivity index (χ1v) is 6.63. The molecule has 0 saturated carbocycles. The molecule has 1 rings (SSSR count). The van der Waals surface area contributed by atoms with Gasteiger partial charge in [0.15, 0.2) is 0 Å². The molecule has 0 aromatic carbocycles. The number of unbranched alkanes of at least 4 members (excludes halogenated alkanes) is 1. The molecule has 3 nitrogen and oxygen atoms in total. The fourth-order valence-corrected chi connectivity index (χ4v) is 1.65. The van der Waals surface area contributed by atoms with Crippen LogP contribution in [-0.4, -0.2) is 12.6 Å². The summed E-state index contributed by atoms with van der Waals surface area (Å²) in [4.78, 5) is 0. The Hall–Kier alpha value is -1.06. The molecule has 3 heteroatoms. The topological polar surface area (TPSA) is 34.4 Å². The number of rotatable bonds is 9. The summed E-state index contributed by atoms with van der Waals surface area (Å²) in [6.45, 7) is 12.1. The number of furan rings is 1. The van der Waals surface area contributed by atoms with E-state index in [-0.39, 0.29) is 0 Å². The minimum Gasteiger partial charge on any atom is -0.464 e. The van der Waals surface area contributed by atoms with Gasteiger partial charge in [-0.1, -0.05) is 19.9 Å². The predicted octanol–water partition coefficient (Wildman–Crippen LogP) is 3.57. The summed E-state index contributed by atoms with van der Waals surface area (Å²) in [5.41, 5.74) is 1.22. The van der Waals surface area contributed by atoms with Crippen molar-refractivity contribution in [2.24, 2.45) is 0 Å². The van der Waals surface area contributed by atoms with Gasteiger partial charge < -0.3 is 14.5 Å². The quantitative estimate of drug-likeness (QED) is 0.538. The number of ether oxygens (including phenoxy) is 1. The third-order valence-corrected chi connectivity index (χ3v) is 2.71. The van der Waals surface area contributed by atoms with Crippen LogP contribution >= 0.6 is 0 Å². The van der Waals surface area contributed by atoms with Crippen LogP contribution in [0.1, 0.15) is 43.8 Å². The standard InChI is InChI=1S/C15H25NO2/c1-5-6-7-8-17-11-15-9-14(13(4)18-15)10-16-12(2)3/h5,9,12,16H,1,6-8,10-11H2,2-4H3. The van der Waals surface area contributed by atoms with Gasteiger partial charge in [0.2, 0.25) is 0 Å². The molecule has 0 aliphatic rings. The smallest absolute Gasteiger partial charge is 0.130 e. The lowest BCUT2D eigenvalue weighted by molar-refractivity contribution is 0.104. The summed E-state index contributed by atoms with van der Waals surface area (Å²) in [6.07, 6.45) is 3.93. The molecule has 0 radical (unpaired) electrons. The average molecular weight is 251 g/mol. The zero-order chi connectivity index (χ0) is 13.4. The van der Waals surface area contributed by atoms with Crippen molar-refractivity contribution >= 4 is 0 Å². The summed E-state index contributed by atoms with van der Waals surface area (Å²) >= 11 is 0. The van der Waals surface area contributed by atoms with Gasteiger partial charge in [-0.2, -0.15) is 0 Å². The van der Waals surface area contributed by atoms with Gasteiger partial charge in [-0.15, -0.1) is 6.58 Å². The van der Waals surface area contributed by atoms with Crippen LogP contribution < -0.4 is 5.32 Å². The largest absolute Gasteiger partial charge is 0.464 e. The number of aryl methyl sites for hydroxylation is 1. The lowest BCUT2D eigenvalue weighted by Gasteiger charge is -2.05. The number of hydrogen-bond acceptors (Lipinski definition) is 3. The SMILES string of the molecule is C=CCCCOCc1cc(CNC(C)C)c(C)o1. The summed E-state index contributed by atoms with van der Waals surface area (Å²) < 4.78 is 11.2. The van der Waals surface area contributed by atoms with Crippen molar-refractivity contribution in [2.45, 2.75) is 52.8 Å². The van der Waals surface area contributed by atoms with Crippen LogP contribution in [-0.2, 0) is 17.9 Å². The van der Waals surface area contributed by atoms with E-state index in [2.05, 4.69) is 31.8 Å². The Bertz CT molecular complexity index is 355. The Morgan fingerprint density at radius 1 is 1.50 bits per heavy atom. The van der Waals surface area contributed by atoms with Crippen molar-refractivity contribution in [3.63, 3.8) is 0 Å². The van der Waals surface area contributed by atoms with Crippen molar-refractivity contribution in [1.29, 1.82) is 0 Å². The molecule has 0 amide bonds. The number of nitrogens with one attached hydrogen (secondary N) is 1. The van der Waals surface area contributed by atoms with Gasteiger partial charge >= 0.3 is 0 Å². The third kappa shape index (κ3) is 5.52. The van der Waals surface area contributed by atoms with Gasteiger partial charge in [0.25, 0.3) is 0 Å². The molecule has 0 spiro atoms. The zero-order valence-corrected chi connectivity index (χ0v) is 11.8. The summed E-state index contributed by atoms with van der Waals surface area (Å²) in [5.74, 6) is 1.89. The Balaban J connectivity index is 2.33. The third-order valence-electron chi connectivity index (χ3n) is 2.71. The Labute approximate surface area is 110 Å². The Morgan fingerprint density at radius 3 is 2.94 bits per heavy atom. The fourth-order valence-electron chi connectivity index (χ4n) is 1.65. The first-order valence-electron chi connectivity index (χ1n) is 6.63. The maximum atomic E-state index is 5.67. The van der Waals surface area contributed by atoms with Gasteiger partial charge in [-0.05, 0) is 25.8 Å². The van der Waals surface area contributed by atoms with E-state index in [1.54, 1.807) is 0 Å². The lowest BCUT2D eigenvalue weighted by Crippen LogP contribution is -2.21. The molecular formula is C15H25NO2. The first kappa shape index (κ1) is 15.0. The van der Waals surface area contributed by atoms with E-state index >= 15 is 0 Å². The van der Waals surface area contributed by atoms with Crippen LogP contribution in [0.2, 0.25) is 0 Å². The normalized spacial score (nSPS) is 11.1. The fraction of sp³-hybridized carbons (Fsp3) is 0.600. The molecule has 18 heavy (non-hydrogen) atoms. The number of allylic oxidation sites excluding steroid dienone is 1. The molecule has 0 atom stereocenters. The summed E-state index contributed by atoms with van der Waals surface area (Å²) in [5, 5.41) is 3.39. The molecule has 0 saturated heterocycles. The van der Waals surface area contributed by atoms with Crippen molar-refractivity contribution in [3.8, 4) is 0 Å². The number of hydrogen-bond donors (Lipinski definition) is 1.